The van der Waals surface area contributed by atoms with Gasteiger partial charge in [-0.25, -0.2) is 4.98 Å². The number of nitrogens with zero attached hydrogens (tertiary/aromatic N) is 6. The highest BCUT2D eigenvalue weighted by molar-refractivity contribution is 7.98. The van der Waals surface area contributed by atoms with Gasteiger partial charge in [0.25, 0.3) is 0 Å². The van der Waals surface area contributed by atoms with Crippen molar-refractivity contribution in [1.29, 1.82) is 0 Å². The molecule has 0 aliphatic heterocycles. The summed E-state index contributed by atoms with van der Waals surface area (Å²) >= 11 is 1.69. The number of benzene rings is 1. The van der Waals surface area contributed by atoms with Crippen LogP contribution in [-0.2, 0) is 18.2 Å². The number of rotatable bonds is 5. The Bertz CT molecular complexity index is 929. The molecule has 0 amide bonds. The highest BCUT2D eigenvalue weighted by Gasteiger charge is 2.25. The Labute approximate surface area is 170 Å². The molecule has 28 heavy (non-hydrogen) atoms. The molecule has 1 fully saturated rings. The Morgan fingerprint density at radius 3 is 2.39 bits per heavy atom. The maximum absolute atomic E-state index is 4.59. The van der Waals surface area contributed by atoms with Crippen LogP contribution >= 0.6 is 11.8 Å². The zero-order chi connectivity index (χ0) is 19.7. The molecule has 148 valence electrons. The van der Waals surface area contributed by atoms with Crippen molar-refractivity contribution in [1.82, 2.24) is 29.5 Å². The molecule has 3 aromatic rings. The fraction of sp³-hybridized carbons (Fsp3) is 0.524. The van der Waals surface area contributed by atoms with Crippen LogP contribution in [0.4, 0.5) is 0 Å². The molecule has 1 saturated carbocycles. The third kappa shape index (κ3) is 3.85. The van der Waals surface area contributed by atoms with E-state index in [1.807, 2.05) is 11.7 Å². The summed E-state index contributed by atoms with van der Waals surface area (Å²) in [6, 6.07) is 9.29. The Balaban J connectivity index is 1.65. The topological polar surface area (TPSA) is 61.4 Å². The zero-order valence-corrected chi connectivity index (χ0v) is 17.9. The summed E-state index contributed by atoms with van der Waals surface area (Å²) in [5.41, 5.74) is 2.62. The van der Waals surface area contributed by atoms with Crippen molar-refractivity contribution in [3.05, 3.63) is 42.0 Å². The van der Waals surface area contributed by atoms with Gasteiger partial charge in [0.05, 0.1) is 5.75 Å². The minimum Gasteiger partial charge on any atom is -0.299 e. The molecule has 2 heterocycles. The van der Waals surface area contributed by atoms with Gasteiger partial charge in [-0.1, -0.05) is 69.6 Å². The van der Waals surface area contributed by atoms with Crippen LogP contribution in [0.5, 0.6) is 0 Å². The summed E-state index contributed by atoms with van der Waals surface area (Å²) in [4.78, 5) is 4.33. The predicted octanol–water partition coefficient (Wildman–Crippen LogP) is 4.78. The average molecular weight is 397 g/mol. The number of hydrogen-bond acceptors (Lipinski definition) is 5. The molecule has 1 aliphatic carbocycles. The van der Waals surface area contributed by atoms with E-state index in [0.717, 1.165) is 28.1 Å². The monoisotopic (exact) mass is 396 g/mol. The van der Waals surface area contributed by atoms with E-state index in [-0.39, 0.29) is 5.41 Å². The second-order valence-corrected chi connectivity index (χ2v) is 9.47. The molecular formula is C21H28N6S. The van der Waals surface area contributed by atoms with Gasteiger partial charge < -0.3 is 0 Å². The van der Waals surface area contributed by atoms with Gasteiger partial charge in [0.1, 0.15) is 12.2 Å². The van der Waals surface area contributed by atoms with Gasteiger partial charge in [-0.2, -0.15) is 5.10 Å². The van der Waals surface area contributed by atoms with Crippen LogP contribution in [0.2, 0.25) is 0 Å². The summed E-state index contributed by atoms with van der Waals surface area (Å²) < 4.78 is 4.18. The third-order valence-corrected chi connectivity index (χ3v) is 6.44. The molecule has 2 aromatic heterocycles. The van der Waals surface area contributed by atoms with E-state index < -0.39 is 0 Å². The van der Waals surface area contributed by atoms with Crippen molar-refractivity contribution in [2.24, 2.45) is 7.05 Å². The van der Waals surface area contributed by atoms with Crippen LogP contribution in [0.3, 0.4) is 0 Å². The van der Waals surface area contributed by atoms with E-state index in [0.29, 0.717) is 6.04 Å². The Morgan fingerprint density at radius 1 is 1.07 bits per heavy atom. The van der Waals surface area contributed by atoms with Gasteiger partial charge in [-0.05, 0) is 23.8 Å². The van der Waals surface area contributed by atoms with Crippen LogP contribution in [0, 0.1) is 0 Å². The number of aryl methyl sites for hydroxylation is 1. The van der Waals surface area contributed by atoms with Gasteiger partial charge in [-0.3, -0.25) is 9.25 Å². The summed E-state index contributed by atoms with van der Waals surface area (Å²) in [7, 11) is 1.92. The number of aromatic nitrogens is 6. The van der Waals surface area contributed by atoms with Crippen LogP contribution in [-0.4, -0.2) is 29.5 Å². The molecule has 0 N–H and O–H groups in total. The SMILES string of the molecule is Cn1ncnc1CSc1nnc(-c2ccc(C(C)(C)C)cc2)n1C1CCCC1. The first kappa shape index (κ1) is 19.2. The van der Waals surface area contributed by atoms with E-state index in [2.05, 4.69) is 69.9 Å². The second kappa shape index (κ2) is 7.70. The van der Waals surface area contributed by atoms with Gasteiger partial charge in [0.15, 0.2) is 11.0 Å². The second-order valence-electron chi connectivity index (χ2n) is 8.53. The first-order valence-corrected chi connectivity index (χ1v) is 10.9. The van der Waals surface area contributed by atoms with Crippen molar-refractivity contribution in [2.45, 2.75) is 68.8 Å². The molecular weight excluding hydrogens is 368 g/mol. The van der Waals surface area contributed by atoms with E-state index in [9.17, 15) is 0 Å². The maximum atomic E-state index is 4.59. The summed E-state index contributed by atoms with van der Waals surface area (Å²) in [5.74, 6) is 2.67. The smallest absolute Gasteiger partial charge is 0.192 e. The van der Waals surface area contributed by atoms with Crippen LogP contribution in [0.1, 0.15) is 63.9 Å². The molecule has 0 saturated heterocycles. The summed E-state index contributed by atoms with van der Waals surface area (Å²) in [5, 5.41) is 14.3. The Hall–Kier alpha value is -2.15. The van der Waals surface area contributed by atoms with E-state index in [1.54, 1.807) is 18.1 Å². The normalized spacial score (nSPS) is 15.4. The lowest BCUT2D eigenvalue weighted by Gasteiger charge is -2.20. The van der Waals surface area contributed by atoms with Crippen LogP contribution in [0.25, 0.3) is 11.4 Å². The maximum Gasteiger partial charge on any atom is 0.192 e. The van der Waals surface area contributed by atoms with E-state index in [1.165, 1.54) is 31.2 Å². The first-order chi connectivity index (χ1) is 13.4. The Kier molecular flexibility index (Phi) is 5.27. The molecule has 0 bridgehead atoms. The fourth-order valence-corrected chi connectivity index (χ4v) is 4.76. The predicted molar refractivity (Wildman–Crippen MR) is 112 cm³/mol. The van der Waals surface area contributed by atoms with Gasteiger partial charge in [-0.15, -0.1) is 10.2 Å². The number of hydrogen-bond donors (Lipinski definition) is 0. The van der Waals surface area contributed by atoms with Crippen molar-refractivity contribution in [2.75, 3.05) is 0 Å². The molecule has 0 radical (unpaired) electrons. The number of thioether (sulfide) groups is 1. The highest BCUT2D eigenvalue weighted by Crippen LogP contribution is 2.37. The van der Waals surface area contributed by atoms with Crippen molar-refractivity contribution in [3.8, 4) is 11.4 Å². The molecule has 1 aromatic carbocycles. The van der Waals surface area contributed by atoms with Crippen molar-refractivity contribution < 1.29 is 0 Å². The van der Waals surface area contributed by atoms with Gasteiger partial charge in [0, 0.05) is 18.7 Å². The Morgan fingerprint density at radius 2 is 1.79 bits per heavy atom. The summed E-state index contributed by atoms with van der Waals surface area (Å²) in [6.45, 7) is 6.72. The molecule has 0 spiro atoms. The zero-order valence-electron chi connectivity index (χ0n) is 17.1. The third-order valence-electron chi connectivity index (χ3n) is 5.50. The average Bonchev–Trinajstić information content (AvgIpc) is 3.40. The minimum atomic E-state index is 0.148. The lowest BCUT2D eigenvalue weighted by molar-refractivity contribution is 0.485. The summed E-state index contributed by atoms with van der Waals surface area (Å²) in [6.07, 6.45) is 6.54. The van der Waals surface area contributed by atoms with Gasteiger partial charge >= 0.3 is 0 Å². The molecule has 7 heteroatoms. The molecule has 1 aliphatic rings. The highest BCUT2D eigenvalue weighted by atomic mass is 32.2. The molecule has 0 unspecified atom stereocenters. The van der Waals surface area contributed by atoms with Crippen LogP contribution < -0.4 is 0 Å². The molecule has 6 nitrogen and oxygen atoms in total. The van der Waals surface area contributed by atoms with E-state index in [4.69, 9.17) is 0 Å². The lowest BCUT2D eigenvalue weighted by atomic mass is 9.86. The van der Waals surface area contributed by atoms with Gasteiger partial charge in [0.2, 0.25) is 0 Å². The van der Waals surface area contributed by atoms with E-state index >= 15 is 0 Å². The largest absolute Gasteiger partial charge is 0.299 e. The van der Waals surface area contributed by atoms with Crippen LogP contribution in [0.15, 0.2) is 35.7 Å². The fourth-order valence-electron chi connectivity index (χ4n) is 3.76. The standard InChI is InChI=1S/C21H28N6S/c1-21(2,3)16-11-9-15(10-12-16)19-24-25-20(27(19)17-7-5-6-8-17)28-13-18-22-14-23-26(18)4/h9-12,14,17H,5-8,13H2,1-4H3. The lowest BCUT2D eigenvalue weighted by Crippen LogP contribution is -2.11. The van der Waals surface area contributed by atoms with Crippen molar-refractivity contribution in [3.63, 3.8) is 0 Å². The molecule has 0 atom stereocenters. The molecule has 4 rings (SSSR count). The minimum absolute atomic E-state index is 0.148. The quantitative estimate of drug-likeness (QED) is 0.581. The first-order valence-electron chi connectivity index (χ1n) is 9.95. The van der Waals surface area contributed by atoms with Crippen molar-refractivity contribution >= 4 is 11.8 Å².